The van der Waals surface area contributed by atoms with Gasteiger partial charge >= 0.3 is 6.09 Å². The Morgan fingerprint density at radius 2 is 1.80 bits per heavy atom. The average Bonchev–Trinajstić information content (AvgIpc) is 2.97. The fourth-order valence-electron chi connectivity index (χ4n) is 1.87. The van der Waals surface area contributed by atoms with Gasteiger partial charge in [0.15, 0.2) is 0 Å². The van der Waals surface area contributed by atoms with E-state index in [2.05, 4.69) is 20.0 Å². The fraction of sp³-hybridized carbons (Fsp3) is 0.125. The first-order chi connectivity index (χ1) is 11.8. The number of amides is 1. The Balaban J connectivity index is 0.000000186. The molecule has 2 aromatic carbocycles. The van der Waals surface area contributed by atoms with Crippen LogP contribution in [0.2, 0.25) is 0 Å². The monoisotopic (exact) mass is 363 g/mol. The zero-order chi connectivity index (χ0) is 18.4. The number of nitrogens with one attached hydrogen (secondary N) is 2. The number of hydrogen-bond donors (Lipinski definition) is 3. The van der Waals surface area contributed by atoms with E-state index in [-0.39, 0.29) is 4.90 Å². The van der Waals surface area contributed by atoms with Crippen LogP contribution in [-0.4, -0.2) is 36.1 Å². The van der Waals surface area contributed by atoms with Gasteiger partial charge in [-0.3, -0.25) is 9.87 Å². The summed E-state index contributed by atoms with van der Waals surface area (Å²) in [5.74, 6) is 0.387. The predicted molar refractivity (Wildman–Crippen MR) is 93.1 cm³/mol. The second-order valence-electron chi connectivity index (χ2n) is 5.01. The largest absolute Gasteiger partial charge is 0.453 e. The van der Waals surface area contributed by atoms with Crippen LogP contribution in [0.1, 0.15) is 5.56 Å². The number of fused-ring (bicyclic) bond motifs is 1. The van der Waals surface area contributed by atoms with E-state index in [4.69, 9.17) is 4.55 Å². The van der Waals surface area contributed by atoms with Crippen LogP contribution in [0.15, 0.2) is 53.4 Å². The van der Waals surface area contributed by atoms with Crippen LogP contribution in [0.5, 0.6) is 0 Å². The molecule has 3 rings (SSSR count). The molecule has 0 saturated heterocycles. The predicted octanol–water partition coefficient (Wildman–Crippen LogP) is 2.98. The van der Waals surface area contributed by atoms with E-state index < -0.39 is 16.2 Å². The van der Waals surface area contributed by atoms with Crippen molar-refractivity contribution in [1.29, 1.82) is 0 Å². The lowest BCUT2D eigenvalue weighted by atomic mass is 10.2. The number of nitrogens with zero attached hydrogens (tertiary/aromatic N) is 1. The molecule has 0 unspecified atom stereocenters. The molecule has 0 spiro atoms. The Bertz CT molecular complexity index is 932. The van der Waals surface area contributed by atoms with Gasteiger partial charge in [-0.25, -0.2) is 9.78 Å². The molecular weight excluding hydrogens is 346 g/mol. The molecule has 0 aliphatic rings. The number of carbonyl (C=O) groups excluding carboxylic acids is 1. The summed E-state index contributed by atoms with van der Waals surface area (Å²) >= 11 is 0. The van der Waals surface area contributed by atoms with Crippen LogP contribution in [0.25, 0.3) is 11.0 Å². The highest BCUT2D eigenvalue weighted by Gasteiger charge is 2.07. The van der Waals surface area contributed by atoms with Crippen LogP contribution < -0.4 is 5.32 Å². The Hall–Kier alpha value is -2.91. The van der Waals surface area contributed by atoms with Crippen molar-refractivity contribution in [2.75, 3.05) is 12.4 Å². The lowest BCUT2D eigenvalue weighted by molar-refractivity contribution is 0.186. The molecule has 1 aromatic heterocycles. The average molecular weight is 363 g/mol. The van der Waals surface area contributed by atoms with E-state index in [9.17, 15) is 13.2 Å². The number of hydrogen-bond acceptors (Lipinski definition) is 5. The number of rotatable bonds is 2. The number of aromatic amines is 1. The smallest absolute Gasteiger partial charge is 0.413 e. The summed E-state index contributed by atoms with van der Waals surface area (Å²) in [7, 11) is -2.72. The number of aromatic nitrogens is 2. The molecular formula is C16H17N3O5S. The number of para-hydroxylation sites is 2. The van der Waals surface area contributed by atoms with Crippen molar-refractivity contribution >= 4 is 33.2 Å². The van der Waals surface area contributed by atoms with E-state index in [0.29, 0.717) is 5.95 Å². The van der Waals surface area contributed by atoms with Gasteiger partial charge in [-0.05, 0) is 31.2 Å². The van der Waals surface area contributed by atoms with Gasteiger partial charge in [-0.1, -0.05) is 29.8 Å². The van der Waals surface area contributed by atoms with Crippen LogP contribution in [0.4, 0.5) is 10.7 Å². The van der Waals surface area contributed by atoms with Gasteiger partial charge in [-0.2, -0.15) is 8.42 Å². The Kier molecular flexibility index (Phi) is 5.73. The van der Waals surface area contributed by atoms with Crippen LogP contribution in [-0.2, 0) is 14.9 Å². The van der Waals surface area contributed by atoms with Crippen LogP contribution in [0.3, 0.4) is 0 Å². The molecule has 0 aliphatic carbocycles. The van der Waals surface area contributed by atoms with E-state index in [1.54, 1.807) is 12.1 Å². The molecule has 0 radical (unpaired) electrons. The van der Waals surface area contributed by atoms with E-state index in [1.165, 1.54) is 19.2 Å². The maximum absolute atomic E-state index is 10.9. The highest BCUT2D eigenvalue weighted by atomic mass is 32.2. The third-order valence-corrected chi connectivity index (χ3v) is 3.98. The van der Waals surface area contributed by atoms with Crippen LogP contribution in [0, 0.1) is 6.92 Å². The van der Waals surface area contributed by atoms with Crippen molar-refractivity contribution in [3.63, 3.8) is 0 Å². The van der Waals surface area contributed by atoms with Crippen molar-refractivity contribution in [1.82, 2.24) is 9.97 Å². The van der Waals surface area contributed by atoms with Crippen molar-refractivity contribution in [3.8, 4) is 0 Å². The topological polar surface area (TPSA) is 121 Å². The SMILES string of the molecule is COC(=O)Nc1nc2ccccc2[nH]1.Cc1ccc(S(=O)(=O)O)cc1. The number of aryl methyl sites for hydroxylation is 1. The maximum Gasteiger partial charge on any atom is 0.413 e. The molecule has 0 fully saturated rings. The Morgan fingerprint density at radius 3 is 2.36 bits per heavy atom. The number of methoxy groups -OCH3 is 1. The second kappa shape index (κ2) is 7.77. The number of anilines is 1. The lowest BCUT2D eigenvalue weighted by Gasteiger charge is -1.96. The van der Waals surface area contributed by atoms with Crippen molar-refractivity contribution in [3.05, 3.63) is 54.1 Å². The third kappa shape index (κ3) is 5.30. The molecule has 9 heteroatoms. The van der Waals surface area contributed by atoms with Gasteiger partial charge in [0, 0.05) is 0 Å². The molecule has 8 nitrogen and oxygen atoms in total. The molecule has 3 aromatic rings. The molecule has 3 N–H and O–H groups in total. The Morgan fingerprint density at radius 1 is 1.16 bits per heavy atom. The molecule has 1 amide bonds. The minimum absolute atomic E-state index is 0.0666. The fourth-order valence-corrected chi connectivity index (χ4v) is 2.35. The molecule has 0 atom stereocenters. The lowest BCUT2D eigenvalue weighted by Crippen LogP contribution is -2.11. The van der Waals surface area contributed by atoms with Crippen molar-refractivity contribution in [2.24, 2.45) is 0 Å². The molecule has 0 saturated carbocycles. The molecule has 25 heavy (non-hydrogen) atoms. The summed E-state index contributed by atoms with van der Waals surface area (Å²) in [6.07, 6.45) is -0.538. The second-order valence-corrected chi connectivity index (χ2v) is 6.43. The van der Waals surface area contributed by atoms with Crippen molar-refractivity contribution in [2.45, 2.75) is 11.8 Å². The van der Waals surface area contributed by atoms with E-state index >= 15 is 0 Å². The summed E-state index contributed by atoms with van der Waals surface area (Å²) in [5, 5.41) is 2.45. The first-order valence-electron chi connectivity index (χ1n) is 7.13. The zero-order valence-electron chi connectivity index (χ0n) is 13.6. The van der Waals surface area contributed by atoms with Gasteiger partial charge in [0.25, 0.3) is 10.1 Å². The quantitative estimate of drug-likeness (QED) is 0.602. The minimum Gasteiger partial charge on any atom is -0.453 e. The van der Waals surface area contributed by atoms with Crippen LogP contribution >= 0.6 is 0 Å². The first kappa shape index (κ1) is 18.4. The van der Waals surface area contributed by atoms with Gasteiger partial charge in [-0.15, -0.1) is 0 Å². The number of H-pyrrole nitrogens is 1. The maximum atomic E-state index is 10.9. The highest BCUT2D eigenvalue weighted by Crippen LogP contribution is 2.13. The highest BCUT2D eigenvalue weighted by molar-refractivity contribution is 7.85. The van der Waals surface area contributed by atoms with Gasteiger partial charge in [0.05, 0.1) is 23.0 Å². The van der Waals surface area contributed by atoms with Gasteiger partial charge in [0.2, 0.25) is 5.95 Å². The number of ether oxygens (including phenoxy) is 1. The summed E-state index contributed by atoms with van der Waals surface area (Å²) in [4.78, 5) is 17.9. The number of imidazole rings is 1. The normalized spacial score (nSPS) is 10.7. The summed E-state index contributed by atoms with van der Waals surface area (Å²) in [6.45, 7) is 1.84. The van der Waals surface area contributed by atoms with Gasteiger partial charge < -0.3 is 9.72 Å². The summed E-state index contributed by atoms with van der Waals surface area (Å²) < 4.78 is 34.0. The number of carbonyl (C=O) groups is 1. The third-order valence-electron chi connectivity index (χ3n) is 3.11. The zero-order valence-corrected chi connectivity index (χ0v) is 14.4. The molecule has 0 aliphatic heterocycles. The summed E-state index contributed by atoms with van der Waals surface area (Å²) in [6, 6.07) is 13.5. The van der Waals surface area contributed by atoms with E-state index in [1.807, 2.05) is 31.2 Å². The van der Waals surface area contributed by atoms with Gasteiger partial charge in [0.1, 0.15) is 0 Å². The standard InChI is InChI=1S/C9H9N3O2.C7H8O3S/c1-14-9(13)12-8-10-6-4-2-3-5-7(6)11-8;1-6-2-4-7(5-3-6)11(8,9)10/h2-5H,1H3,(H2,10,11,12,13);2-5H,1H3,(H,8,9,10). The molecule has 0 bridgehead atoms. The first-order valence-corrected chi connectivity index (χ1v) is 8.57. The summed E-state index contributed by atoms with van der Waals surface area (Å²) in [5.41, 5.74) is 2.63. The van der Waals surface area contributed by atoms with Crippen molar-refractivity contribution < 1.29 is 22.5 Å². The Labute approximate surface area is 144 Å². The minimum atomic E-state index is -4.02. The molecule has 1 heterocycles. The number of benzene rings is 2. The molecule has 132 valence electrons. The van der Waals surface area contributed by atoms with E-state index in [0.717, 1.165) is 16.6 Å².